The summed E-state index contributed by atoms with van der Waals surface area (Å²) in [7, 11) is 1.36. The Morgan fingerprint density at radius 1 is 0.399 bits per heavy atom. The van der Waals surface area contributed by atoms with Crippen molar-refractivity contribution in [2.75, 3.05) is 199 Å². The SMILES string of the molecule is COC(=O)N1CCN(C(=O)Cc2ccc(Cl)c(Cl)c2)[C@H](CN2CCCC2)[C@@H]1CNC(=S)N[C@@H](CC(=O)O)C(=O)O.COC(=O)N1CCN(C(=O)Cc2ccc(Cl)c(Cl)c2)[C@H](CN2CCCC2)[C@@H]1COC(=O)[C@@H](N)CC(=O)O.COC(=O)N1CCN(C(=O)Cc2ccc(Cl)c(Cl)c2)[C@H](CN2CCCC2)[C@@H]1COS(C)(=O)=O.COC(=O)N1C[C@@H](CN2CCCC2)N(C(=O)Cc2ccc(Cl)c(Cl)c2)C[C@H]1COCC(=O)O. The van der Waals surface area contributed by atoms with Gasteiger partial charge in [-0.3, -0.25) is 57.3 Å². The summed E-state index contributed by atoms with van der Waals surface area (Å²) in [5.74, 6) is -6.47. The van der Waals surface area contributed by atoms with Gasteiger partial charge in [0.25, 0.3) is 10.1 Å². The van der Waals surface area contributed by atoms with Gasteiger partial charge in [-0.15, -0.1) is 0 Å². The minimum Gasteiger partial charge on any atom is -0.481 e. The Morgan fingerprint density at radius 2 is 0.720 bits per heavy atom. The molecule has 790 valence electrons. The van der Waals surface area contributed by atoms with Crippen molar-refractivity contribution in [1.29, 1.82) is 0 Å². The number of piperazine rings is 4. The number of rotatable bonds is 34. The number of benzene rings is 4. The Morgan fingerprint density at radius 3 is 1.06 bits per heavy atom. The number of amides is 8. The lowest BCUT2D eigenvalue weighted by Gasteiger charge is -2.48. The first-order valence-corrected chi connectivity index (χ1v) is 51.7. The van der Waals surface area contributed by atoms with Crippen LogP contribution in [0, 0.1) is 0 Å². The fourth-order valence-corrected chi connectivity index (χ4v) is 20.4. The number of likely N-dealkylation sites (tertiary alicyclic amines) is 4. The highest BCUT2D eigenvalue weighted by molar-refractivity contribution is 7.86. The third kappa shape index (κ3) is 35.9. The lowest BCUT2D eigenvalue weighted by atomic mass is 9.99. The van der Waals surface area contributed by atoms with E-state index in [0.717, 1.165) is 116 Å². The molecule has 8 aliphatic rings. The summed E-state index contributed by atoms with van der Waals surface area (Å²) < 4.78 is 59.0. The van der Waals surface area contributed by atoms with Crippen LogP contribution in [0.25, 0.3) is 0 Å². The predicted molar refractivity (Wildman–Crippen MR) is 535 cm³/mol. The molecule has 0 bridgehead atoms. The van der Waals surface area contributed by atoms with E-state index in [1.54, 1.807) is 92.4 Å². The number of thiocarbonyl (C=S) groups is 1. The molecule has 0 radical (unpaired) electrons. The number of nitrogens with zero attached hydrogens (tertiary/aromatic N) is 12. The van der Waals surface area contributed by atoms with Gasteiger partial charge in [-0.2, -0.15) is 8.42 Å². The van der Waals surface area contributed by atoms with Crippen LogP contribution in [0.1, 0.15) is 86.5 Å². The zero-order valence-corrected chi connectivity index (χ0v) is 87.5. The number of esters is 1. The molecule has 10 atom stereocenters. The maximum absolute atomic E-state index is 13.6. The number of hydrogen-bond donors (Lipinski definition) is 7. The van der Waals surface area contributed by atoms with Crippen molar-refractivity contribution in [3.8, 4) is 0 Å². The molecular weight excluding hydrogens is 2080 g/mol. The van der Waals surface area contributed by atoms with Gasteiger partial charge in [0, 0.05) is 85.1 Å². The molecule has 0 saturated carbocycles. The molecule has 8 fully saturated rings. The largest absolute Gasteiger partial charge is 0.481 e. The molecule has 4 aromatic rings. The van der Waals surface area contributed by atoms with Crippen LogP contribution in [0.5, 0.6) is 0 Å². The number of nitrogens with one attached hydrogen (secondary N) is 2. The number of carboxylic acids is 4. The maximum atomic E-state index is 13.6. The highest BCUT2D eigenvalue weighted by Crippen LogP contribution is 2.33. The Labute approximate surface area is 875 Å². The van der Waals surface area contributed by atoms with Gasteiger partial charge in [0.1, 0.15) is 25.3 Å². The first-order valence-electron chi connectivity index (χ1n) is 46.5. The van der Waals surface area contributed by atoms with Crippen LogP contribution >= 0.6 is 105 Å². The van der Waals surface area contributed by atoms with Crippen molar-refractivity contribution < 1.29 is 124 Å². The van der Waals surface area contributed by atoms with Gasteiger partial charge < -0.3 is 104 Å². The van der Waals surface area contributed by atoms with Crippen LogP contribution in [-0.2, 0) is 112 Å². The lowest BCUT2D eigenvalue weighted by Crippen LogP contribution is -2.68. The number of halogens is 8. The van der Waals surface area contributed by atoms with E-state index in [0.29, 0.717) is 89.6 Å². The fourth-order valence-electron chi connectivity index (χ4n) is 18.5. The van der Waals surface area contributed by atoms with Gasteiger partial charge in [-0.05, 0) is 187 Å². The van der Waals surface area contributed by atoms with E-state index in [2.05, 4.69) is 30.2 Å². The van der Waals surface area contributed by atoms with Crippen LogP contribution in [0.2, 0.25) is 40.2 Å². The Balaban J connectivity index is 0.000000213. The summed E-state index contributed by atoms with van der Waals surface area (Å²) in [6.07, 6.45) is 6.22. The molecule has 0 aromatic heterocycles. The number of hydrogen-bond acceptors (Lipinski definition) is 28. The molecule has 51 heteroatoms. The van der Waals surface area contributed by atoms with E-state index >= 15 is 0 Å². The van der Waals surface area contributed by atoms with Crippen LogP contribution in [-0.4, -0.2) is 430 Å². The lowest BCUT2D eigenvalue weighted by molar-refractivity contribution is -0.153. The average Bonchev–Trinajstić information content (AvgIpc) is 1.68. The Bertz CT molecular complexity index is 5210. The molecule has 8 saturated heterocycles. The third-order valence-electron chi connectivity index (χ3n) is 25.6. The smallest absolute Gasteiger partial charge is 0.409 e. The number of carboxylic acid groups (broad SMARTS) is 4. The first-order chi connectivity index (χ1) is 68.0. The molecule has 8 N–H and O–H groups in total. The Kier molecular flexibility index (Phi) is 47.0. The molecular formula is C92H123Cl8N15O26S2. The van der Waals surface area contributed by atoms with Crippen LogP contribution in [0.15, 0.2) is 72.8 Å². The van der Waals surface area contributed by atoms with Gasteiger partial charge in [-0.25, -0.2) is 28.8 Å². The van der Waals surface area contributed by atoms with Crippen molar-refractivity contribution in [2.45, 2.75) is 150 Å². The minimum atomic E-state index is -3.75. The van der Waals surface area contributed by atoms with E-state index in [1.807, 2.05) is 0 Å². The van der Waals surface area contributed by atoms with Crippen LogP contribution in [0.4, 0.5) is 19.2 Å². The van der Waals surface area contributed by atoms with E-state index in [-0.39, 0.29) is 133 Å². The molecule has 8 amide bonds. The second-order valence-electron chi connectivity index (χ2n) is 35.4. The number of carbonyl (C=O) groups is 13. The molecule has 8 aliphatic heterocycles. The molecule has 0 unspecified atom stereocenters. The molecule has 8 heterocycles. The highest BCUT2D eigenvalue weighted by Gasteiger charge is 2.48. The van der Waals surface area contributed by atoms with Crippen molar-refractivity contribution in [2.24, 2.45) is 5.73 Å². The summed E-state index contributed by atoms with van der Waals surface area (Å²) in [4.78, 5) is 183. The number of aliphatic carboxylic acids is 4. The molecule has 143 heavy (non-hydrogen) atoms. The summed E-state index contributed by atoms with van der Waals surface area (Å²) in [5.41, 5.74) is 8.50. The average molecular weight is 2200 g/mol. The normalized spacial score (nSPS) is 21.0. The quantitative estimate of drug-likeness (QED) is 0.0101. The van der Waals surface area contributed by atoms with E-state index in [4.69, 9.17) is 159 Å². The molecule has 12 rings (SSSR count). The van der Waals surface area contributed by atoms with Gasteiger partial charge in [-0.1, -0.05) is 117 Å². The van der Waals surface area contributed by atoms with Gasteiger partial charge in [0.2, 0.25) is 23.6 Å². The van der Waals surface area contributed by atoms with Crippen molar-refractivity contribution >= 4 is 198 Å². The van der Waals surface area contributed by atoms with Gasteiger partial charge in [0.05, 0.1) is 175 Å². The van der Waals surface area contributed by atoms with Crippen LogP contribution in [0.3, 0.4) is 0 Å². The summed E-state index contributed by atoms with van der Waals surface area (Å²) in [5, 5.41) is 44.5. The molecule has 0 spiro atoms. The summed E-state index contributed by atoms with van der Waals surface area (Å²) in [6, 6.07) is 13.2. The minimum absolute atomic E-state index is 0.0195. The van der Waals surface area contributed by atoms with Gasteiger partial charge >= 0.3 is 54.2 Å². The topological polar surface area (TPSA) is 491 Å². The second-order valence-corrected chi connectivity index (χ2v) is 40.7. The standard InChI is InChI=1S/C25H33Cl2N5O7S.C24H32Cl2N4O7.C22H29Cl2N3O6.C21H29Cl2N3O6S/c1-39-25(38)32-9-8-31(21(33)11-15-4-5-16(26)17(27)10-15)20(14-30-6-2-3-7-30)19(32)13-28-24(40)29-18(23(36)37)12-22(34)35;1-36-24(35)30-9-8-29(21(31)11-15-4-5-16(25)17(26)10-15)19(13-28-6-2-3-7-28)20(30)14-37-23(34)18(27)12-22(32)33;1-32-22(31)27-11-16(10-25-6-2-3-7-25)26(12-17(27)13-33-14-21(29)30)20(28)9-15-4-5-18(23)19(24)8-15;1-31-21(28)26-10-9-25(20(27)12-15-5-6-16(22)17(23)11-15)18(13-24-7-3-4-8-24)19(26)14-32-33(2,29)30/h4-5,10,18-20H,2-3,6-9,11-14H2,1H3,(H,34,35)(H,36,37)(H2,28,29,40);4-5,10,18-20H,2-3,6-9,11-14,27H2,1H3,(H,32,33);4-5,8,16-17H,2-3,6-7,9-14H2,1H3,(H,29,30);5-6,11,18-19H,3-4,7-10,12-14H2,1-2H3/t18-,19-,20+;18-,19+,20-;16-,17+;18-,19+/m0011/s1. The summed E-state index contributed by atoms with van der Waals surface area (Å²) in [6.45, 7) is 10.1. The van der Waals surface area contributed by atoms with E-state index in [1.165, 1.54) is 48.0 Å². The van der Waals surface area contributed by atoms with Crippen molar-refractivity contribution in [1.82, 2.24) is 69.4 Å². The monoisotopic (exact) mass is 2200 g/mol. The zero-order chi connectivity index (χ0) is 105. The highest BCUT2D eigenvalue weighted by atomic mass is 35.5. The fraction of sp³-hybridized carbons (Fsp3) is 0.587. The third-order valence-corrected chi connectivity index (χ3v) is 29.4. The number of carbonyl (C=O) groups excluding carboxylic acids is 9. The Hall–Kier alpha value is -9.13. The van der Waals surface area contributed by atoms with Crippen molar-refractivity contribution in [3.05, 3.63) is 135 Å². The number of ether oxygens (including phenoxy) is 6. The predicted octanol–water partition coefficient (Wildman–Crippen LogP) is 7.93. The van der Waals surface area contributed by atoms with E-state index in [9.17, 15) is 75.9 Å². The van der Waals surface area contributed by atoms with Crippen molar-refractivity contribution in [3.63, 3.8) is 0 Å². The molecule has 41 nitrogen and oxygen atoms in total. The second kappa shape index (κ2) is 57.3. The molecule has 0 aliphatic carbocycles. The summed E-state index contributed by atoms with van der Waals surface area (Å²) >= 11 is 53.8. The maximum Gasteiger partial charge on any atom is 0.409 e. The zero-order valence-electron chi connectivity index (χ0n) is 79.8. The molecule has 4 aromatic carbocycles. The van der Waals surface area contributed by atoms with Crippen LogP contribution < -0.4 is 16.4 Å². The van der Waals surface area contributed by atoms with Gasteiger partial charge in [0.15, 0.2) is 5.11 Å². The number of nitrogens with two attached hydrogens (primary N) is 1. The first kappa shape index (κ1) is 117. The number of methoxy groups -OCH3 is 4. The van der Waals surface area contributed by atoms with E-state index < -0.39 is 138 Å².